The van der Waals surface area contributed by atoms with Gasteiger partial charge < -0.3 is 5.32 Å². The van der Waals surface area contributed by atoms with Gasteiger partial charge in [0.2, 0.25) is 0 Å². The lowest BCUT2D eigenvalue weighted by Gasteiger charge is -2.19. The summed E-state index contributed by atoms with van der Waals surface area (Å²) >= 11 is 1.80. The van der Waals surface area contributed by atoms with E-state index in [1.807, 2.05) is 0 Å². The highest BCUT2D eigenvalue weighted by Crippen LogP contribution is 2.25. The number of hydrogen-bond acceptors (Lipinski definition) is 2. The number of thiophene rings is 1. The van der Waals surface area contributed by atoms with Crippen molar-refractivity contribution in [1.82, 2.24) is 5.32 Å². The molecule has 0 spiro atoms. The van der Waals surface area contributed by atoms with Crippen LogP contribution >= 0.6 is 11.3 Å². The predicted molar refractivity (Wildman–Crippen MR) is 94.3 cm³/mol. The molecule has 2 rings (SSSR count). The molecule has 1 aromatic heterocycles. The fourth-order valence-corrected chi connectivity index (χ4v) is 3.52. The summed E-state index contributed by atoms with van der Waals surface area (Å²) in [6.07, 6.45) is 2.24. The van der Waals surface area contributed by atoms with Gasteiger partial charge in [-0.2, -0.15) is 11.3 Å². The average Bonchev–Trinajstić information content (AvgIpc) is 2.90. The second kappa shape index (κ2) is 7.77. The molecular formula is C19H27NS. The van der Waals surface area contributed by atoms with Crippen molar-refractivity contribution in [2.24, 2.45) is 0 Å². The molecule has 0 aliphatic rings. The maximum atomic E-state index is 3.71. The van der Waals surface area contributed by atoms with Gasteiger partial charge in [-0.15, -0.1) is 0 Å². The molecule has 0 aliphatic heterocycles. The van der Waals surface area contributed by atoms with E-state index in [1.165, 1.54) is 28.7 Å². The highest BCUT2D eigenvalue weighted by Gasteiger charge is 2.14. The third-order valence-corrected chi connectivity index (χ3v) is 4.88. The molecule has 0 amide bonds. The first-order valence-corrected chi connectivity index (χ1v) is 8.91. The first-order valence-electron chi connectivity index (χ1n) is 7.96. The lowest BCUT2D eigenvalue weighted by Crippen LogP contribution is -2.24. The van der Waals surface area contributed by atoms with E-state index in [-0.39, 0.29) is 0 Å². The van der Waals surface area contributed by atoms with Crippen molar-refractivity contribution in [2.45, 2.75) is 52.5 Å². The average molecular weight is 301 g/mol. The Bertz CT molecular complexity index is 539. The highest BCUT2D eigenvalue weighted by atomic mass is 32.1. The molecule has 1 atom stereocenters. The van der Waals surface area contributed by atoms with Crippen molar-refractivity contribution < 1.29 is 0 Å². The molecule has 0 saturated heterocycles. The van der Waals surface area contributed by atoms with E-state index in [9.17, 15) is 0 Å². The first kappa shape index (κ1) is 16.3. The Labute approximate surface area is 133 Å². The molecule has 1 aromatic carbocycles. The van der Waals surface area contributed by atoms with Crippen LogP contribution in [0.2, 0.25) is 0 Å². The maximum Gasteiger partial charge on any atom is 0.0371 e. The van der Waals surface area contributed by atoms with Crippen LogP contribution in [0.1, 0.15) is 61.4 Å². The Hall–Kier alpha value is -1.12. The van der Waals surface area contributed by atoms with Crippen LogP contribution in [0, 0.1) is 6.92 Å². The van der Waals surface area contributed by atoms with Gasteiger partial charge >= 0.3 is 0 Å². The third kappa shape index (κ3) is 4.42. The Balaban J connectivity index is 2.13. The van der Waals surface area contributed by atoms with Crippen LogP contribution in [-0.2, 0) is 6.42 Å². The van der Waals surface area contributed by atoms with Gasteiger partial charge in [0.05, 0.1) is 0 Å². The van der Waals surface area contributed by atoms with E-state index < -0.39 is 0 Å². The van der Waals surface area contributed by atoms with E-state index in [1.54, 1.807) is 11.3 Å². The van der Waals surface area contributed by atoms with Crippen molar-refractivity contribution in [3.63, 3.8) is 0 Å². The molecule has 21 heavy (non-hydrogen) atoms. The van der Waals surface area contributed by atoms with Gasteiger partial charge in [0.1, 0.15) is 0 Å². The normalized spacial score (nSPS) is 12.8. The van der Waals surface area contributed by atoms with Crippen molar-refractivity contribution in [3.05, 3.63) is 57.3 Å². The summed E-state index contributed by atoms with van der Waals surface area (Å²) in [5.41, 5.74) is 5.70. The van der Waals surface area contributed by atoms with Gasteiger partial charge in [-0.3, -0.25) is 0 Å². The second-order valence-electron chi connectivity index (χ2n) is 6.12. The summed E-state index contributed by atoms with van der Waals surface area (Å²) in [5, 5.41) is 8.25. The fraction of sp³-hybridized carbons (Fsp3) is 0.474. The molecule has 1 heterocycles. The van der Waals surface area contributed by atoms with Crippen molar-refractivity contribution in [3.8, 4) is 0 Å². The number of rotatable bonds is 7. The number of aryl methyl sites for hydroxylation is 1. The summed E-state index contributed by atoms with van der Waals surface area (Å²) in [6, 6.07) is 9.56. The highest BCUT2D eigenvalue weighted by molar-refractivity contribution is 7.08. The molecular weight excluding hydrogens is 274 g/mol. The SMILES string of the molecule is CCCNC(Cc1ccc(C(C)C)cc1)c1cscc1C. The van der Waals surface area contributed by atoms with E-state index in [2.05, 4.69) is 68.0 Å². The first-order chi connectivity index (χ1) is 10.1. The topological polar surface area (TPSA) is 12.0 Å². The summed E-state index contributed by atoms with van der Waals surface area (Å²) in [4.78, 5) is 0. The minimum Gasteiger partial charge on any atom is -0.310 e. The van der Waals surface area contributed by atoms with Crippen LogP contribution in [0.25, 0.3) is 0 Å². The molecule has 2 aromatic rings. The fourth-order valence-electron chi connectivity index (χ4n) is 2.61. The summed E-state index contributed by atoms with van der Waals surface area (Å²) in [6.45, 7) is 10.0. The molecule has 0 aliphatic carbocycles. The van der Waals surface area contributed by atoms with Gasteiger partial charge in [-0.25, -0.2) is 0 Å². The summed E-state index contributed by atoms with van der Waals surface area (Å²) in [5.74, 6) is 0.604. The quantitative estimate of drug-likeness (QED) is 0.715. The molecule has 0 saturated carbocycles. The zero-order chi connectivity index (χ0) is 15.2. The monoisotopic (exact) mass is 301 g/mol. The van der Waals surface area contributed by atoms with Crippen LogP contribution in [0.15, 0.2) is 35.0 Å². The van der Waals surface area contributed by atoms with E-state index >= 15 is 0 Å². The second-order valence-corrected chi connectivity index (χ2v) is 6.86. The number of nitrogens with one attached hydrogen (secondary N) is 1. The van der Waals surface area contributed by atoms with Gasteiger partial charge in [0.25, 0.3) is 0 Å². The van der Waals surface area contributed by atoms with Gasteiger partial charge in [0, 0.05) is 6.04 Å². The summed E-state index contributed by atoms with van der Waals surface area (Å²) < 4.78 is 0. The molecule has 0 radical (unpaired) electrons. The number of benzene rings is 1. The molecule has 2 heteroatoms. The zero-order valence-electron chi connectivity index (χ0n) is 13.6. The Morgan fingerprint density at radius 2 is 1.81 bits per heavy atom. The maximum absolute atomic E-state index is 3.71. The lowest BCUT2D eigenvalue weighted by atomic mass is 9.96. The Morgan fingerprint density at radius 1 is 1.10 bits per heavy atom. The van der Waals surface area contributed by atoms with Crippen LogP contribution in [0.5, 0.6) is 0 Å². The zero-order valence-corrected chi connectivity index (χ0v) is 14.5. The molecule has 1 unspecified atom stereocenters. The standard InChI is InChI=1S/C19H27NS/c1-5-10-20-19(18-13-21-12-15(18)4)11-16-6-8-17(9-7-16)14(2)3/h6-9,12-14,19-20H,5,10-11H2,1-4H3. The van der Waals surface area contributed by atoms with E-state index in [0.29, 0.717) is 12.0 Å². The van der Waals surface area contributed by atoms with Crippen molar-refractivity contribution in [1.29, 1.82) is 0 Å². The van der Waals surface area contributed by atoms with E-state index in [4.69, 9.17) is 0 Å². The minimum atomic E-state index is 0.432. The predicted octanol–water partition coefficient (Wildman–Crippen LogP) is 5.46. The minimum absolute atomic E-state index is 0.432. The molecule has 1 nitrogen and oxygen atoms in total. The lowest BCUT2D eigenvalue weighted by molar-refractivity contribution is 0.528. The van der Waals surface area contributed by atoms with Crippen LogP contribution in [0.4, 0.5) is 0 Å². The van der Waals surface area contributed by atoms with E-state index in [0.717, 1.165) is 13.0 Å². The Morgan fingerprint density at radius 3 is 2.33 bits per heavy atom. The van der Waals surface area contributed by atoms with Crippen LogP contribution in [0.3, 0.4) is 0 Å². The van der Waals surface area contributed by atoms with Crippen molar-refractivity contribution >= 4 is 11.3 Å². The molecule has 0 fully saturated rings. The van der Waals surface area contributed by atoms with Crippen LogP contribution < -0.4 is 5.32 Å². The largest absolute Gasteiger partial charge is 0.310 e. The molecule has 0 bridgehead atoms. The Kier molecular flexibility index (Phi) is 6.01. The molecule has 114 valence electrons. The van der Waals surface area contributed by atoms with Gasteiger partial charge in [-0.05, 0) is 65.2 Å². The smallest absolute Gasteiger partial charge is 0.0371 e. The third-order valence-electron chi connectivity index (χ3n) is 4.00. The van der Waals surface area contributed by atoms with Gasteiger partial charge in [0.15, 0.2) is 0 Å². The molecule has 1 N–H and O–H groups in total. The van der Waals surface area contributed by atoms with Crippen LogP contribution in [-0.4, -0.2) is 6.54 Å². The number of hydrogen-bond donors (Lipinski definition) is 1. The van der Waals surface area contributed by atoms with Gasteiger partial charge in [-0.1, -0.05) is 45.0 Å². The summed E-state index contributed by atoms with van der Waals surface area (Å²) in [7, 11) is 0. The van der Waals surface area contributed by atoms with Crippen molar-refractivity contribution in [2.75, 3.05) is 6.54 Å².